The van der Waals surface area contributed by atoms with Gasteiger partial charge in [-0.05, 0) is 52.1 Å². The number of hydrogen-bond donors (Lipinski definition) is 1. The summed E-state index contributed by atoms with van der Waals surface area (Å²) in [5.74, 6) is 0.885. The van der Waals surface area contributed by atoms with Crippen molar-refractivity contribution in [1.82, 2.24) is 10.2 Å². The molecule has 0 amide bonds. The molecule has 1 N–H and O–H groups in total. The first kappa shape index (κ1) is 16.3. The second kappa shape index (κ2) is 8.35. The summed E-state index contributed by atoms with van der Waals surface area (Å²) < 4.78 is 5.73. The van der Waals surface area contributed by atoms with Crippen LogP contribution in [0.3, 0.4) is 0 Å². The Labute approximate surface area is 125 Å². The highest BCUT2D eigenvalue weighted by atomic mass is 16.5. The van der Waals surface area contributed by atoms with Gasteiger partial charge in [-0.3, -0.25) is 4.90 Å². The van der Waals surface area contributed by atoms with Crippen molar-refractivity contribution in [3.05, 3.63) is 0 Å². The minimum Gasteiger partial charge on any atom is -0.377 e. The van der Waals surface area contributed by atoms with Crippen molar-refractivity contribution in [1.29, 1.82) is 0 Å². The number of hydrogen-bond acceptors (Lipinski definition) is 3. The minimum atomic E-state index is 0.401. The summed E-state index contributed by atoms with van der Waals surface area (Å²) in [5.41, 5.74) is 0. The third-order valence-electron chi connectivity index (χ3n) is 5.26. The Morgan fingerprint density at radius 3 is 2.55 bits per heavy atom. The first-order valence-electron chi connectivity index (χ1n) is 8.77. The highest BCUT2D eigenvalue weighted by Crippen LogP contribution is 2.28. The normalized spacial score (nSPS) is 30.0. The summed E-state index contributed by atoms with van der Waals surface area (Å²) in [7, 11) is 2.29. The van der Waals surface area contributed by atoms with Gasteiger partial charge in [0, 0.05) is 25.2 Å². The van der Waals surface area contributed by atoms with Crippen molar-refractivity contribution >= 4 is 0 Å². The van der Waals surface area contributed by atoms with E-state index in [2.05, 4.69) is 31.1 Å². The van der Waals surface area contributed by atoms with E-state index >= 15 is 0 Å². The number of ether oxygens (including phenoxy) is 1. The van der Waals surface area contributed by atoms with Gasteiger partial charge in [-0.2, -0.15) is 0 Å². The van der Waals surface area contributed by atoms with Crippen LogP contribution in [-0.4, -0.2) is 49.8 Å². The predicted octanol–water partition coefficient (Wildman–Crippen LogP) is 3.04. The van der Waals surface area contributed by atoms with E-state index in [0.29, 0.717) is 18.2 Å². The van der Waals surface area contributed by atoms with Crippen LogP contribution in [0.1, 0.15) is 58.8 Å². The first-order valence-corrected chi connectivity index (χ1v) is 8.77. The monoisotopic (exact) mass is 282 g/mol. The Bertz CT molecular complexity index is 266. The lowest BCUT2D eigenvalue weighted by Gasteiger charge is -2.36. The maximum atomic E-state index is 5.73. The second-order valence-electron chi connectivity index (χ2n) is 6.83. The van der Waals surface area contributed by atoms with Gasteiger partial charge < -0.3 is 10.1 Å². The van der Waals surface area contributed by atoms with Crippen LogP contribution in [-0.2, 0) is 4.74 Å². The minimum absolute atomic E-state index is 0.401. The van der Waals surface area contributed by atoms with Crippen molar-refractivity contribution in [3.8, 4) is 0 Å². The van der Waals surface area contributed by atoms with Gasteiger partial charge in [0.1, 0.15) is 0 Å². The summed E-state index contributed by atoms with van der Waals surface area (Å²) in [6.07, 6.45) is 9.98. The molecule has 1 aliphatic carbocycles. The molecule has 1 heterocycles. The van der Waals surface area contributed by atoms with Gasteiger partial charge >= 0.3 is 0 Å². The smallest absolute Gasteiger partial charge is 0.0702 e. The Balaban J connectivity index is 1.88. The number of rotatable bonds is 7. The van der Waals surface area contributed by atoms with Gasteiger partial charge in [0.25, 0.3) is 0 Å². The van der Waals surface area contributed by atoms with Crippen LogP contribution in [0.2, 0.25) is 0 Å². The molecule has 3 nitrogen and oxygen atoms in total. The van der Waals surface area contributed by atoms with E-state index in [9.17, 15) is 0 Å². The first-order chi connectivity index (χ1) is 9.72. The molecular weight excluding hydrogens is 248 g/mol. The van der Waals surface area contributed by atoms with E-state index in [1.54, 1.807) is 0 Å². The summed E-state index contributed by atoms with van der Waals surface area (Å²) >= 11 is 0. The maximum Gasteiger partial charge on any atom is 0.0702 e. The number of nitrogens with zero attached hydrogens (tertiary/aromatic N) is 1. The molecule has 1 saturated heterocycles. The fraction of sp³-hybridized carbons (Fsp3) is 1.00. The summed E-state index contributed by atoms with van der Waals surface area (Å²) in [6.45, 7) is 7.77. The SMILES string of the molecule is CCCNC(CN(C)C1CCOC1C)C1CCCCC1. The van der Waals surface area contributed by atoms with E-state index < -0.39 is 0 Å². The predicted molar refractivity (Wildman–Crippen MR) is 85.1 cm³/mol. The molecule has 2 aliphatic rings. The Kier molecular flexibility index (Phi) is 6.79. The second-order valence-corrected chi connectivity index (χ2v) is 6.83. The van der Waals surface area contributed by atoms with Crippen LogP contribution in [0.4, 0.5) is 0 Å². The van der Waals surface area contributed by atoms with E-state index in [1.807, 2.05) is 0 Å². The van der Waals surface area contributed by atoms with E-state index in [0.717, 1.165) is 19.1 Å². The standard InChI is InChI=1S/C17H34N2O/c1-4-11-18-16(15-8-6-5-7-9-15)13-19(3)17-10-12-20-14(17)2/h14-18H,4-13H2,1-3H3. The zero-order valence-corrected chi connectivity index (χ0v) is 13.7. The fourth-order valence-corrected chi connectivity index (χ4v) is 3.99. The largest absolute Gasteiger partial charge is 0.377 e. The van der Waals surface area contributed by atoms with Crippen LogP contribution in [0.25, 0.3) is 0 Å². The van der Waals surface area contributed by atoms with Gasteiger partial charge in [-0.1, -0.05) is 26.2 Å². The molecule has 1 saturated carbocycles. The molecule has 3 unspecified atom stereocenters. The zero-order chi connectivity index (χ0) is 14.4. The van der Waals surface area contributed by atoms with Gasteiger partial charge in [-0.25, -0.2) is 0 Å². The lowest BCUT2D eigenvalue weighted by atomic mass is 9.83. The summed E-state index contributed by atoms with van der Waals surface area (Å²) in [5, 5.41) is 3.83. The number of nitrogens with one attached hydrogen (secondary N) is 1. The van der Waals surface area contributed by atoms with E-state index in [4.69, 9.17) is 4.74 Å². The third-order valence-corrected chi connectivity index (χ3v) is 5.26. The molecule has 118 valence electrons. The van der Waals surface area contributed by atoms with E-state index in [-0.39, 0.29) is 0 Å². The molecule has 0 aromatic heterocycles. The molecule has 3 atom stereocenters. The van der Waals surface area contributed by atoms with Crippen LogP contribution in [0, 0.1) is 5.92 Å². The van der Waals surface area contributed by atoms with Crippen molar-refractivity contribution in [2.75, 3.05) is 26.7 Å². The van der Waals surface area contributed by atoms with Crippen molar-refractivity contribution < 1.29 is 4.74 Å². The molecule has 0 bridgehead atoms. The van der Waals surface area contributed by atoms with Crippen LogP contribution in [0.15, 0.2) is 0 Å². The molecule has 20 heavy (non-hydrogen) atoms. The van der Waals surface area contributed by atoms with Gasteiger partial charge in [0.15, 0.2) is 0 Å². The van der Waals surface area contributed by atoms with Gasteiger partial charge in [-0.15, -0.1) is 0 Å². The molecular formula is C17H34N2O. The highest BCUT2D eigenvalue weighted by molar-refractivity contribution is 4.86. The van der Waals surface area contributed by atoms with Crippen LogP contribution in [0.5, 0.6) is 0 Å². The molecule has 2 rings (SSSR count). The molecule has 0 aromatic carbocycles. The van der Waals surface area contributed by atoms with Crippen LogP contribution < -0.4 is 5.32 Å². The van der Waals surface area contributed by atoms with Gasteiger partial charge in [0.2, 0.25) is 0 Å². The molecule has 0 spiro atoms. The number of likely N-dealkylation sites (N-methyl/N-ethyl adjacent to an activating group) is 1. The molecule has 3 heteroatoms. The molecule has 2 fully saturated rings. The van der Waals surface area contributed by atoms with Crippen molar-refractivity contribution in [2.45, 2.75) is 77.0 Å². The Morgan fingerprint density at radius 2 is 1.95 bits per heavy atom. The maximum absolute atomic E-state index is 5.73. The fourth-order valence-electron chi connectivity index (χ4n) is 3.99. The molecule has 0 aromatic rings. The molecule has 0 radical (unpaired) electrons. The lowest BCUT2D eigenvalue weighted by Crippen LogP contribution is -2.49. The van der Waals surface area contributed by atoms with Crippen molar-refractivity contribution in [3.63, 3.8) is 0 Å². The van der Waals surface area contributed by atoms with Crippen molar-refractivity contribution in [2.24, 2.45) is 5.92 Å². The summed E-state index contributed by atoms with van der Waals surface area (Å²) in [6, 6.07) is 1.29. The highest BCUT2D eigenvalue weighted by Gasteiger charge is 2.31. The van der Waals surface area contributed by atoms with E-state index in [1.165, 1.54) is 51.5 Å². The lowest BCUT2D eigenvalue weighted by molar-refractivity contribution is 0.0752. The zero-order valence-electron chi connectivity index (χ0n) is 13.7. The Morgan fingerprint density at radius 1 is 1.20 bits per heavy atom. The average Bonchev–Trinajstić information content (AvgIpc) is 2.90. The summed E-state index contributed by atoms with van der Waals surface area (Å²) in [4.78, 5) is 2.56. The average molecular weight is 282 g/mol. The third kappa shape index (κ3) is 4.44. The quantitative estimate of drug-likeness (QED) is 0.777. The van der Waals surface area contributed by atoms with Crippen LogP contribution >= 0.6 is 0 Å². The van der Waals surface area contributed by atoms with Gasteiger partial charge in [0.05, 0.1) is 6.10 Å². The molecule has 1 aliphatic heterocycles. The topological polar surface area (TPSA) is 24.5 Å². The Hall–Kier alpha value is -0.120.